The summed E-state index contributed by atoms with van der Waals surface area (Å²) in [5.74, 6) is -0.989. The molecule has 0 radical (unpaired) electrons. The van der Waals surface area contributed by atoms with E-state index in [4.69, 9.17) is 28.9 Å². The van der Waals surface area contributed by atoms with Crippen molar-refractivity contribution in [3.05, 3.63) is 60.7 Å². The normalized spacial score (nSPS) is 11.5. The molecule has 190 valence electrons. The van der Waals surface area contributed by atoms with Crippen LogP contribution in [0.2, 0.25) is 10.0 Å². The maximum atomic E-state index is 13.3. The van der Waals surface area contributed by atoms with Crippen LogP contribution in [0.3, 0.4) is 0 Å². The summed E-state index contributed by atoms with van der Waals surface area (Å²) in [5, 5.41) is 0.857. The number of amides is 2. The topological polar surface area (TPSA) is 121 Å². The Morgan fingerprint density at radius 1 is 1.14 bits per heavy atom. The third-order valence-corrected chi connectivity index (χ3v) is 5.56. The average Bonchev–Trinajstić information content (AvgIpc) is 2.74. The van der Waals surface area contributed by atoms with E-state index < -0.39 is 23.1 Å². The fourth-order valence-corrected chi connectivity index (χ4v) is 3.83. The molecular weight excluding hydrogens is 493 g/mol. The molecule has 0 bridgehead atoms. The van der Waals surface area contributed by atoms with Crippen molar-refractivity contribution < 1.29 is 9.59 Å². The molecule has 0 fully saturated rings. The minimum absolute atomic E-state index is 0.0174. The van der Waals surface area contributed by atoms with Crippen LogP contribution in [0, 0.1) is 11.8 Å². The smallest absolute Gasteiger partial charge is 0.330 e. The lowest BCUT2D eigenvalue weighted by molar-refractivity contribution is -0.130. The summed E-state index contributed by atoms with van der Waals surface area (Å²) in [4.78, 5) is 55.6. The van der Waals surface area contributed by atoms with E-state index in [1.54, 1.807) is 18.2 Å². The van der Waals surface area contributed by atoms with Gasteiger partial charge in [0, 0.05) is 36.3 Å². The molecule has 1 heterocycles. The molecule has 0 aliphatic heterocycles. The van der Waals surface area contributed by atoms with Crippen LogP contribution < -0.4 is 21.9 Å². The van der Waals surface area contributed by atoms with Gasteiger partial charge in [0.25, 0.3) is 5.56 Å². The molecule has 0 aliphatic rings. The molecule has 11 heteroatoms. The Labute approximate surface area is 214 Å². The van der Waals surface area contributed by atoms with Gasteiger partial charge in [-0.1, -0.05) is 57.0 Å². The summed E-state index contributed by atoms with van der Waals surface area (Å²) in [6, 6.07) is 4.88. The Morgan fingerprint density at radius 3 is 2.37 bits per heavy atom. The lowest BCUT2D eigenvalue weighted by Crippen LogP contribution is -2.46. The van der Waals surface area contributed by atoms with Gasteiger partial charge in [-0.05, 0) is 35.6 Å². The summed E-state index contributed by atoms with van der Waals surface area (Å²) < 4.78 is 1.25. The van der Waals surface area contributed by atoms with Gasteiger partial charge in [0.2, 0.25) is 11.8 Å². The number of H-pyrrole nitrogens is 1. The Hall–Kier alpha value is -3.04. The first-order valence-corrected chi connectivity index (χ1v) is 11.9. The molecule has 0 unspecified atom stereocenters. The minimum Gasteiger partial charge on any atom is -0.383 e. The summed E-state index contributed by atoms with van der Waals surface area (Å²) in [6.07, 6.45) is 2.82. The molecule has 3 N–H and O–H groups in total. The number of carbonyl (C=O) groups is 2. The van der Waals surface area contributed by atoms with Crippen molar-refractivity contribution in [2.24, 2.45) is 11.8 Å². The number of hydrogen-bond acceptors (Lipinski definition) is 5. The van der Waals surface area contributed by atoms with Crippen LogP contribution in [0.25, 0.3) is 6.08 Å². The molecule has 2 amide bonds. The van der Waals surface area contributed by atoms with Crippen molar-refractivity contribution in [3.63, 3.8) is 0 Å². The van der Waals surface area contributed by atoms with Gasteiger partial charge in [-0.15, -0.1) is 0 Å². The molecule has 0 saturated carbocycles. The average molecular weight is 524 g/mol. The zero-order valence-corrected chi connectivity index (χ0v) is 22.0. The Kier molecular flexibility index (Phi) is 9.73. The van der Waals surface area contributed by atoms with Gasteiger partial charge in [0.05, 0.1) is 0 Å². The molecule has 0 saturated heterocycles. The number of halogens is 2. The van der Waals surface area contributed by atoms with Gasteiger partial charge >= 0.3 is 5.69 Å². The van der Waals surface area contributed by atoms with E-state index in [2.05, 4.69) is 4.98 Å². The van der Waals surface area contributed by atoms with Crippen molar-refractivity contribution in [3.8, 4) is 0 Å². The first kappa shape index (κ1) is 28.2. The molecular formula is C24H31Cl2N5O4. The van der Waals surface area contributed by atoms with Gasteiger partial charge in [0.1, 0.15) is 12.4 Å². The first-order chi connectivity index (χ1) is 16.3. The number of likely N-dealkylation sites (N-methyl/N-ethyl adjacent to an activating group) is 1. The highest BCUT2D eigenvalue weighted by molar-refractivity contribution is 6.35. The third-order valence-electron chi connectivity index (χ3n) is 5.00. The summed E-state index contributed by atoms with van der Waals surface area (Å²) in [5.41, 5.74) is 5.31. The van der Waals surface area contributed by atoms with Gasteiger partial charge in [-0.25, -0.2) is 4.79 Å². The SMILES string of the molecule is CC(C)CN(C(=O)CN(C)C(=O)/C=C/c1ccc(Cl)cc1Cl)c1c(N)n(CC(C)C)c(=O)[nH]c1=O. The molecule has 0 spiro atoms. The highest BCUT2D eigenvalue weighted by Crippen LogP contribution is 2.22. The summed E-state index contributed by atoms with van der Waals surface area (Å²) in [7, 11) is 1.47. The highest BCUT2D eigenvalue weighted by atomic mass is 35.5. The van der Waals surface area contributed by atoms with Gasteiger partial charge < -0.3 is 15.5 Å². The third kappa shape index (κ3) is 7.47. The van der Waals surface area contributed by atoms with Crippen LogP contribution in [0.15, 0.2) is 33.9 Å². The number of nitrogen functional groups attached to an aromatic ring is 1. The molecule has 1 aromatic heterocycles. The maximum absolute atomic E-state index is 13.3. The second kappa shape index (κ2) is 12.1. The molecule has 35 heavy (non-hydrogen) atoms. The quantitative estimate of drug-likeness (QED) is 0.488. The number of anilines is 2. The monoisotopic (exact) mass is 523 g/mol. The van der Waals surface area contributed by atoms with E-state index in [1.165, 1.54) is 33.6 Å². The highest BCUT2D eigenvalue weighted by Gasteiger charge is 2.26. The number of nitrogens with two attached hydrogens (primary N) is 1. The van der Waals surface area contributed by atoms with Crippen molar-refractivity contribution in [1.29, 1.82) is 0 Å². The van der Waals surface area contributed by atoms with E-state index in [9.17, 15) is 19.2 Å². The van der Waals surface area contributed by atoms with Crippen molar-refractivity contribution in [1.82, 2.24) is 14.5 Å². The van der Waals surface area contributed by atoms with Crippen LogP contribution in [0.4, 0.5) is 11.5 Å². The second-order valence-corrected chi connectivity index (χ2v) is 9.93. The molecule has 1 aromatic carbocycles. The van der Waals surface area contributed by atoms with E-state index >= 15 is 0 Å². The molecule has 2 rings (SSSR count). The number of aromatic amines is 1. The number of carbonyl (C=O) groups excluding carboxylic acids is 2. The molecule has 0 atom stereocenters. The largest absolute Gasteiger partial charge is 0.383 e. The minimum atomic E-state index is -0.757. The fourth-order valence-electron chi connectivity index (χ4n) is 3.36. The van der Waals surface area contributed by atoms with E-state index in [-0.39, 0.29) is 43.0 Å². The Balaban J connectivity index is 2.32. The zero-order chi connectivity index (χ0) is 26.4. The first-order valence-electron chi connectivity index (χ1n) is 11.1. The molecule has 0 aliphatic carbocycles. The number of aromatic nitrogens is 2. The lowest BCUT2D eigenvalue weighted by atomic mass is 10.2. The Bertz CT molecular complexity index is 1230. The lowest BCUT2D eigenvalue weighted by Gasteiger charge is -2.28. The standard InChI is InChI=1S/C24H31Cl2N5O4/c1-14(2)11-30(21-22(27)31(12-15(3)4)24(35)28-23(21)34)20(33)13-29(5)19(32)9-7-16-6-8-17(25)10-18(16)26/h6-10,14-15H,11-13,27H2,1-5H3,(H,28,34,35)/b9-7+. The predicted molar refractivity (Wildman–Crippen MR) is 141 cm³/mol. The predicted octanol–water partition coefficient (Wildman–Crippen LogP) is 3.24. The van der Waals surface area contributed by atoms with Crippen molar-refractivity contribution in [2.75, 3.05) is 30.8 Å². The van der Waals surface area contributed by atoms with Crippen molar-refractivity contribution in [2.45, 2.75) is 34.2 Å². The molecule has 2 aromatic rings. The number of benzene rings is 1. The number of rotatable bonds is 9. The fraction of sp³-hybridized carbons (Fsp3) is 0.417. The zero-order valence-electron chi connectivity index (χ0n) is 20.5. The van der Waals surface area contributed by atoms with E-state index in [0.29, 0.717) is 15.6 Å². The maximum Gasteiger partial charge on any atom is 0.330 e. The van der Waals surface area contributed by atoms with Gasteiger partial charge in [0.15, 0.2) is 5.69 Å². The van der Waals surface area contributed by atoms with Crippen LogP contribution in [-0.2, 0) is 16.1 Å². The van der Waals surface area contributed by atoms with Gasteiger partial charge in [-0.3, -0.25) is 23.9 Å². The summed E-state index contributed by atoms with van der Waals surface area (Å²) >= 11 is 12.0. The van der Waals surface area contributed by atoms with Gasteiger partial charge in [-0.2, -0.15) is 0 Å². The van der Waals surface area contributed by atoms with E-state index in [1.807, 2.05) is 27.7 Å². The van der Waals surface area contributed by atoms with E-state index in [0.717, 1.165) is 0 Å². The number of nitrogens with one attached hydrogen (secondary N) is 1. The van der Waals surface area contributed by atoms with Crippen LogP contribution in [-0.4, -0.2) is 46.4 Å². The number of nitrogens with zero attached hydrogens (tertiary/aromatic N) is 3. The molecule has 9 nitrogen and oxygen atoms in total. The van der Waals surface area contributed by atoms with Crippen molar-refractivity contribution >= 4 is 52.6 Å². The second-order valence-electron chi connectivity index (χ2n) is 9.09. The van der Waals surface area contributed by atoms with Crippen LogP contribution in [0.5, 0.6) is 0 Å². The van der Waals surface area contributed by atoms with Crippen LogP contribution in [0.1, 0.15) is 33.3 Å². The van der Waals surface area contributed by atoms with Crippen LogP contribution >= 0.6 is 23.2 Å². The summed E-state index contributed by atoms with van der Waals surface area (Å²) in [6.45, 7) is 7.69. The Morgan fingerprint density at radius 2 is 1.80 bits per heavy atom. The number of hydrogen-bond donors (Lipinski definition) is 2.